The Bertz CT molecular complexity index is 468. The molecule has 1 unspecified atom stereocenters. The molecule has 1 heterocycles. The molecule has 0 aliphatic rings. The van der Waals surface area contributed by atoms with Crippen LogP contribution >= 0.6 is 11.6 Å². The van der Waals surface area contributed by atoms with E-state index in [9.17, 15) is 0 Å². The third kappa shape index (κ3) is 3.86. The Labute approximate surface area is 113 Å². The normalized spacial score (nSPS) is 12.6. The Kier molecular flexibility index (Phi) is 4.79. The maximum Gasteiger partial charge on any atom is 0.106 e. The highest BCUT2D eigenvalue weighted by Gasteiger charge is 2.04. The second-order valence-electron chi connectivity index (χ2n) is 4.37. The van der Waals surface area contributed by atoms with Crippen LogP contribution in [0.3, 0.4) is 0 Å². The van der Waals surface area contributed by atoms with E-state index in [1.54, 1.807) is 6.20 Å². The summed E-state index contributed by atoms with van der Waals surface area (Å²) in [5, 5.41) is 4.28. The van der Waals surface area contributed by atoms with E-state index in [4.69, 9.17) is 11.6 Å². The van der Waals surface area contributed by atoms with E-state index in [1.807, 2.05) is 24.4 Å². The van der Waals surface area contributed by atoms with Gasteiger partial charge < -0.3 is 10.3 Å². The number of benzene rings is 1. The Morgan fingerprint density at radius 2 is 2.33 bits per heavy atom. The summed E-state index contributed by atoms with van der Waals surface area (Å²) in [5.74, 6) is 1.05. The first-order valence-corrected chi connectivity index (χ1v) is 6.60. The van der Waals surface area contributed by atoms with Crippen molar-refractivity contribution in [2.24, 2.45) is 0 Å². The monoisotopic (exact) mass is 263 g/mol. The lowest BCUT2D eigenvalue weighted by molar-refractivity contribution is 0.555. The second-order valence-corrected chi connectivity index (χ2v) is 4.81. The number of aromatic amines is 1. The molecule has 0 radical (unpaired) electrons. The zero-order valence-corrected chi connectivity index (χ0v) is 11.2. The predicted molar refractivity (Wildman–Crippen MR) is 74.8 cm³/mol. The molecular weight excluding hydrogens is 246 g/mol. The highest BCUT2D eigenvalue weighted by molar-refractivity contribution is 6.30. The van der Waals surface area contributed by atoms with Crippen LogP contribution in [0.1, 0.15) is 30.8 Å². The first-order chi connectivity index (χ1) is 8.75. The van der Waals surface area contributed by atoms with Gasteiger partial charge >= 0.3 is 0 Å². The van der Waals surface area contributed by atoms with Crippen molar-refractivity contribution < 1.29 is 0 Å². The van der Waals surface area contributed by atoms with Gasteiger partial charge in [0.05, 0.1) is 0 Å². The molecule has 0 saturated heterocycles. The molecule has 0 bridgehead atoms. The number of aryl methyl sites for hydroxylation is 1. The molecular formula is C14H18ClN3. The van der Waals surface area contributed by atoms with E-state index >= 15 is 0 Å². The van der Waals surface area contributed by atoms with Gasteiger partial charge in [-0.15, -0.1) is 0 Å². The van der Waals surface area contributed by atoms with E-state index in [-0.39, 0.29) is 0 Å². The molecule has 2 rings (SSSR count). The van der Waals surface area contributed by atoms with Crippen LogP contribution in [-0.2, 0) is 6.42 Å². The third-order valence-corrected chi connectivity index (χ3v) is 3.18. The number of H-pyrrole nitrogens is 1. The number of aromatic nitrogens is 2. The van der Waals surface area contributed by atoms with Crippen LogP contribution in [-0.4, -0.2) is 16.5 Å². The van der Waals surface area contributed by atoms with Gasteiger partial charge in [0.15, 0.2) is 0 Å². The standard InChI is InChI=1S/C14H18ClN3/c1-11(12-4-2-5-13(15)10-12)16-7-3-6-14-17-8-9-18-14/h2,4-5,8-11,16H,3,6-7H2,1H3,(H,17,18). The summed E-state index contributed by atoms with van der Waals surface area (Å²) >= 11 is 5.98. The van der Waals surface area contributed by atoms with E-state index in [0.717, 1.165) is 30.2 Å². The van der Waals surface area contributed by atoms with E-state index < -0.39 is 0 Å². The van der Waals surface area contributed by atoms with Crippen LogP contribution in [0.2, 0.25) is 5.02 Å². The van der Waals surface area contributed by atoms with Crippen LogP contribution in [0.4, 0.5) is 0 Å². The molecule has 0 saturated carbocycles. The molecule has 1 aromatic carbocycles. The maximum absolute atomic E-state index is 5.98. The van der Waals surface area contributed by atoms with Crippen molar-refractivity contribution >= 4 is 11.6 Å². The number of nitrogens with one attached hydrogen (secondary N) is 2. The summed E-state index contributed by atoms with van der Waals surface area (Å²) in [6, 6.07) is 8.30. The first kappa shape index (κ1) is 13.1. The van der Waals surface area contributed by atoms with Crippen molar-refractivity contribution in [3.05, 3.63) is 53.1 Å². The van der Waals surface area contributed by atoms with Crippen LogP contribution in [0, 0.1) is 0 Å². The maximum atomic E-state index is 5.98. The van der Waals surface area contributed by atoms with E-state index in [0.29, 0.717) is 6.04 Å². The minimum absolute atomic E-state index is 0.320. The molecule has 0 aliphatic carbocycles. The van der Waals surface area contributed by atoms with Crippen LogP contribution in [0.5, 0.6) is 0 Å². The zero-order valence-electron chi connectivity index (χ0n) is 10.5. The number of hydrogen-bond acceptors (Lipinski definition) is 2. The summed E-state index contributed by atoms with van der Waals surface area (Å²) in [6.45, 7) is 3.12. The molecule has 0 fully saturated rings. The van der Waals surface area contributed by atoms with Gasteiger partial charge in [-0.1, -0.05) is 23.7 Å². The molecule has 18 heavy (non-hydrogen) atoms. The summed E-state index contributed by atoms with van der Waals surface area (Å²) in [7, 11) is 0. The summed E-state index contributed by atoms with van der Waals surface area (Å²) in [5.41, 5.74) is 1.22. The Morgan fingerprint density at radius 1 is 1.44 bits per heavy atom. The largest absolute Gasteiger partial charge is 0.349 e. The number of imidazole rings is 1. The molecule has 1 atom stereocenters. The molecule has 0 amide bonds. The molecule has 1 aromatic heterocycles. The molecule has 2 aromatic rings. The van der Waals surface area contributed by atoms with Gasteiger partial charge in [-0.25, -0.2) is 4.98 Å². The topological polar surface area (TPSA) is 40.7 Å². The quantitative estimate of drug-likeness (QED) is 0.785. The van der Waals surface area contributed by atoms with Crippen molar-refractivity contribution in [1.82, 2.24) is 15.3 Å². The number of nitrogens with zero attached hydrogens (tertiary/aromatic N) is 1. The Morgan fingerprint density at radius 3 is 3.06 bits per heavy atom. The number of halogens is 1. The van der Waals surface area contributed by atoms with Gasteiger partial charge in [0.1, 0.15) is 5.82 Å². The van der Waals surface area contributed by atoms with Crippen molar-refractivity contribution in [2.75, 3.05) is 6.54 Å². The van der Waals surface area contributed by atoms with Gasteiger partial charge in [-0.2, -0.15) is 0 Å². The summed E-state index contributed by atoms with van der Waals surface area (Å²) in [6.07, 6.45) is 5.69. The average molecular weight is 264 g/mol. The van der Waals surface area contributed by atoms with E-state index in [2.05, 4.69) is 28.3 Å². The van der Waals surface area contributed by atoms with Crippen molar-refractivity contribution in [3.63, 3.8) is 0 Å². The fraction of sp³-hybridized carbons (Fsp3) is 0.357. The molecule has 2 N–H and O–H groups in total. The van der Waals surface area contributed by atoms with Gasteiger partial charge in [0, 0.05) is 29.9 Å². The summed E-state index contributed by atoms with van der Waals surface area (Å²) in [4.78, 5) is 7.31. The Balaban J connectivity index is 1.73. The average Bonchev–Trinajstić information content (AvgIpc) is 2.87. The molecule has 96 valence electrons. The summed E-state index contributed by atoms with van der Waals surface area (Å²) < 4.78 is 0. The smallest absolute Gasteiger partial charge is 0.106 e. The van der Waals surface area contributed by atoms with Crippen LogP contribution < -0.4 is 5.32 Å². The fourth-order valence-electron chi connectivity index (χ4n) is 1.90. The van der Waals surface area contributed by atoms with Gasteiger partial charge in [-0.05, 0) is 37.6 Å². The molecule has 0 aliphatic heterocycles. The van der Waals surface area contributed by atoms with Gasteiger partial charge in [-0.3, -0.25) is 0 Å². The molecule has 0 spiro atoms. The van der Waals surface area contributed by atoms with Crippen molar-refractivity contribution in [2.45, 2.75) is 25.8 Å². The number of rotatable bonds is 6. The minimum Gasteiger partial charge on any atom is -0.349 e. The van der Waals surface area contributed by atoms with Gasteiger partial charge in [0.2, 0.25) is 0 Å². The minimum atomic E-state index is 0.320. The third-order valence-electron chi connectivity index (χ3n) is 2.94. The van der Waals surface area contributed by atoms with Crippen LogP contribution in [0.25, 0.3) is 0 Å². The van der Waals surface area contributed by atoms with Crippen molar-refractivity contribution in [1.29, 1.82) is 0 Å². The lowest BCUT2D eigenvalue weighted by atomic mass is 10.1. The highest BCUT2D eigenvalue weighted by atomic mass is 35.5. The lowest BCUT2D eigenvalue weighted by Gasteiger charge is -2.14. The first-order valence-electron chi connectivity index (χ1n) is 6.23. The highest BCUT2D eigenvalue weighted by Crippen LogP contribution is 2.17. The SMILES string of the molecule is CC(NCCCc1ncc[nH]1)c1cccc(Cl)c1. The second kappa shape index (κ2) is 6.57. The van der Waals surface area contributed by atoms with E-state index in [1.165, 1.54) is 5.56 Å². The Hall–Kier alpha value is -1.32. The molecule has 3 nitrogen and oxygen atoms in total. The lowest BCUT2D eigenvalue weighted by Crippen LogP contribution is -2.20. The zero-order chi connectivity index (χ0) is 12.8. The molecule has 4 heteroatoms. The number of hydrogen-bond donors (Lipinski definition) is 2. The fourth-order valence-corrected chi connectivity index (χ4v) is 2.10. The predicted octanol–water partition coefficient (Wildman–Crippen LogP) is 3.35. The van der Waals surface area contributed by atoms with Crippen LogP contribution in [0.15, 0.2) is 36.7 Å². The van der Waals surface area contributed by atoms with Gasteiger partial charge in [0.25, 0.3) is 0 Å². The van der Waals surface area contributed by atoms with Crippen molar-refractivity contribution in [3.8, 4) is 0 Å².